The summed E-state index contributed by atoms with van der Waals surface area (Å²) in [5, 5.41) is 1.55. The minimum absolute atomic E-state index is 0.0467. The number of ether oxygens (including phenoxy) is 2. The number of hydroxylamine groups is 2. The van der Waals surface area contributed by atoms with Crippen LogP contribution in [0.3, 0.4) is 0 Å². The van der Waals surface area contributed by atoms with Gasteiger partial charge in [0.1, 0.15) is 5.76 Å². The number of carbonyl (C=O) groups is 1. The van der Waals surface area contributed by atoms with Crippen LogP contribution in [-0.2, 0) is 19.1 Å². The van der Waals surface area contributed by atoms with Crippen molar-refractivity contribution in [3.8, 4) is 0 Å². The molecular weight excluding hydrogens is 356 g/mol. The topological polar surface area (TPSA) is 51.2 Å². The lowest BCUT2D eigenvalue weighted by Crippen LogP contribution is -2.42. The van der Waals surface area contributed by atoms with Gasteiger partial charge in [0.15, 0.2) is 0 Å². The van der Waals surface area contributed by atoms with Gasteiger partial charge in [0.05, 0.1) is 19.4 Å². The van der Waals surface area contributed by atoms with Crippen LogP contribution >= 0.6 is 0 Å². The zero-order chi connectivity index (χ0) is 20.5. The van der Waals surface area contributed by atoms with Crippen LogP contribution in [0.15, 0.2) is 35.3 Å². The Morgan fingerprint density at radius 2 is 2.11 bits per heavy atom. The molecule has 1 saturated heterocycles. The Morgan fingerprint density at radius 1 is 1.32 bits per heavy atom. The van der Waals surface area contributed by atoms with E-state index in [0.717, 1.165) is 37.1 Å². The monoisotopic (exact) mass is 392 g/mol. The molecule has 2 aliphatic rings. The van der Waals surface area contributed by atoms with E-state index in [-0.39, 0.29) is 12.7 Å². The first-order chi connectivity index (χ1) is 13.5. The average Bonchev–Trinajstić information content (AvgIpc) is 3.05. The fourth-order valence-electron chi connectivity index (χ4n) is 3.53. The summed E-state index contributed by atoms with van der Waals surface area (Å²) < 4.78 is 11.0. The number of carbonyl (C=O) groups excluding carboxylic acids is 1. The van der Waals surface area contributed by atoms with Gasteiger partial charge in [0.25, 0.3) is 5.91 Å². The maximum atomic E-state index is 12.8. The van der Waals surface area contributed by atoms with Crippen molar-refractivity contribution in [2.45, 2.75) is 59.9 Å². The van der Waals surface area contributed by atoms with E-state index in [1.165, 1.54) is 5.57 Å². The van der Waals surface area contributed by atoms with Crippen molar-refractivity contribution in [2.24, 2.45) is 5.92 Å². The van der Waals surface area contributed by atoms with Crippen molar-refractivity contribution in [3.05, 3.63) is 35.3 Å². The Morgan fingerprint density at radius 3 is 2.82 bits per heavy atom. The van der Waals surface area contributed by atoms with E-state index >= 15 is 0 Å². The summed E-state index contributed by atoms with van der Waals surface area (Å²) in [6, 6.07) is 0.341. The van der Waals surface area contributed by atoms with E-state index < -0.39 is 0 Å². The van der Waals surface area contributed by atoms with E-state index in [9.17, 15) is 4.79 Å². The van der Waals surface area contributed by atoms with Crippen molar-refractivity contribution >= 4 is 5.91 Å². The predicted molar refractivity (Wildman–Crippen MR) is 110 cm³/mol. The van der Waals surface area contributed by atoms with Crippen molar-refractivity contribution in [1.82, 2.24) is 9.96 Å². The zero-order valence-electron chi connectivity index (χ0n) is 18.1. The SMILES string of the molecule is CCCON(CCC)C(=O)CN1C[C@H](C2=C/C(C)=C(\C)OCO\C=C\2)C[C@@H]1C. The van der Waals surface area contributed by atoms with Crippen molar-refractivity contribution in [3.63, 3.8) is 0 Å². The van der Waals surface area contributed by atoms with Crippen LogP contribution < -0.4 is 0 Å². The summed E-state index contributed by atoms with van der Waals surface area (Å²) in [7, 11) is 0. The van der Waals surface area contributed by atoms with Crippen LogP contribution in [0.4, 0.5) is 0 Å². The third-order valence-electron chi connectivity index (χ3n) is 5.31. The summed E-state index contributed by atoms with van der Waals surface area (Å²) in [6.45, 7) is 13.0. The number of rotatable bonds is 8. The summed E-state index contributed by atoms with van der Waals surface area (Å²) in [4.78, 5) is 20.7. The van der Waals surface area contributed by atoms with Crippen LogP contribution in [0.1, 0.15) is 53.9 Å². The third kappa shape index (κ3) is 6.38. The molecule has 0 bridgehead atoms. The Bertz CT molecular complexity index is 612. The van der Waals surface area contributed by atoms with Gasteiger partial charge in [-0.05, 0) is 63.2 Å². The van der Waals surface area contributed by atoms with Gasteiger partial charge in [0, 0.05) is 19.1 Å². The highest BCUT2D eigenvalue weighted by Gasteiger charge is 2.33. The van der Waals surface area contributed by atoms with E-state index in [1.54, 1.807) is 11.3 Å². The van der Waals surface area contributed by atoms with E-state index in [0.29, 0.717) is 31.7 Å². The van der Waals surface area contributed by atoms with Crippen LogP contribution in [0.25, 0.3) is 0 Å². The normalized spacial score (nSPS) is 29.0. The quantitative estimate of drug-likeness (QED) is 0.584. The molecular formula is C22H36N2O4. The van der Waals surface area contributed by atoms with Gasteiger partial charge in [-0.3, -0.25) is 14.5 Å². The number of hydrogen-bond donors (Lipinski definition) is 0. The largest absolute Gasteiger partial charge is 0.465 e. The van der Waals surface area contributed by atoms with E-state index in [4.69, 9.17) is 14.3 Å². The van der Waals surface area contributed by atoms with Gasteiger partial charge in [-0.1, -0.05) is 19.9 Å². The molecule has 0 radical (unpaired) electrons. The molecule has 0 unspecified atom stereocenters. The maximum absolute atomic E-state index is 12.8. The molecule has 158 valence electrons. The lowest BCUT2D eigenvalue weighted by molar-refractivity contribution is -0.187. The van der Waals surface area contributed by atoms with Crippen LogP contribution in [-0.4, -0.2) is 54.9 Å². The Kier molecular flexibility index (Phi) is 9.06. The second kappa shape index (κ2) is 11.3. The molecule has 2 atom stereocenters. The molecule has 6 nitrogen and oxygen atoms in total. The average molecular weight is 393 g/mol. The fourth-order valence-corrected chi connectivity index (χ4v) is 3.53. The van der Waals surface area contributed by atoms with E-state index in [2.05, 4.69) is 31.7 Å². The highest BCUT2D eigenvalue weighted by atomic mass is 16.7. The fraction of sp³-hybridized carbons (Fsp3) is 0.682. The van der Waals surface area contributed by atoms with E-state index in [1.807, 2.05) is 19.9 Å². The molecule has 0 spiro atoms. The number of hydrogen-bond acceptors (Lipinski definition) is 5. The second-order valence-electron chi connectivity index (χ2n) is 7.66. The Balaban J connectivity index is 2.05. The number of allylic oxidation sites excluding steroid dienone is 4. The van der Waals surface area contributed by atoms with Crippen LogP contribution in [0.2, 0.25) is 0 Å². The molecule has 0 aromatic carbocycles. The van der Waals surface area contributed by atoms with Gasteiger partial charge in [-0.25, -0.2) is 5.06 Å². The summed E-state index contributed by atoms with van der Waals surface area (Å²) in [6.07, 6.45) is 8.71. The molecule has 6 heteroatoms. The smallest absolute Gasteiger partial charge is 0.260 e. The molecule has 28 heavy (non-hydrogen) atoms. The molecule has 1 fully saturated rings. The predicted octanol–water partition coefficient (Wildman–Crippen LogP) is 4.02. The number of nitrogens with zero attached hydrogens (tertiary/aromatic N) is 2. The second-order valence-corrected chi connectivity index (χ2v) is 7.66. The Hall–Kier alpha value is -1.79. The van der Waals surface area contributed by atoms with Crippen LogP contribution in [0.5, 0.6) is 0 Å². The van der Waals surface area contributed by atoms with Gasteiger partial charge in [-0.15, -0.1) is 0 Å². The van der Waals surface area contributed by atoms with Gasteiger partial charge < -0.3 is 9.47 Å². The number of amides is 1. The molecule has 0 aliphatic carbocycles. The summed E-state index contributed by atoms with van der Waals surface area (Å²) in [5.74, 6) is 1.28. The highest BCUT2D eigenvalue weighted by molar-refractivity contribution is 5.77. The minimum Gasteiger partial charge on any atom is -0.465 e. The molecule has 2 rings (SSSR count). The molecule has 2 heterocycles. The molecule has 0 N–H and O–H groups in total. The van der Waals surface area contributed by atoms with Crippen molar-refractivity contribution < 1.29 is 19.1 Å². The molecule has 0 aromatic rings. The maximum Gasteiger partial charge on any atom is 0.260 e. The van der Waals surface area contributed by atoms with Crippen molar-refractivity contribution in [2.75, 3.05) is 33.0 Å². The standard InChI is InChI=1S/C22H36N2O4/c1-6-9-24(28-10-7-2)22(25)15-23-14-21(13-18(23)4)20-8-11-26-16-27-19(5)17(3)12-20/h8,11-12,18,21H,6-7,9-10,13-16H2,1-5H3/b11-8+,19-17+,20-12+/t18-,21+/m0/s1. The third-order valence-corrected chi connectivity index (χ3v) is 5.31. The number of likely N-dealkylation sites (tertiary alicyclic amines) is 1. The summed E-state index contributed by atoms with van der Waals surface area (Å²) in [5.41, 5.74) is 2.33. The molecule has 1 amide bonds. The minimum atomic E-state index is 0.0467. The molecule has 2 aliphatic heterocycles. The zero-order valence-corrected chi connectivity index (χ0v) is 18.1. The lowest BCUT2D eigenvalue weighted by atomic mass is 9.94. The summed E-state index contributed by atoms with van der Waals surface area (Å²) >= 11 is 0. The van der Waals surface area contributed by atoms with Crippen molar-refractivity contribution in [1.29, 1.82) is 0 Å². The first-order valence-corrected chi connectivity index (χ1v) is 10.4. The first-order valence-electron chi connectivity index (χ1n) is 10.4. The Labute approximate surface area is 169 Å². The molecule has 0 aromatic heterocycles. The van der Waals surface area contributed by atoms with Gasteiger partial charge in [-0.2, -0.15) is 0 Å². The first kappa shape index (κ1) is 22.5. The molecule has 0 saturated carbocycles. The van der Waals surface area contributed by atoms with Gasteiger partial charge in [0.2, 0.25) is 6.79 Å². The lowest BCUT2D eigenvalue weighted by Gasteiger charge is -2.26. The van der Waals surface area contributed by atoms with Gasteiger partial charge >= 0.3 is 0 Å². The van der Waals surface area contributed by atoms with Crippen LogP contribution in [0, 0.1) is 5.92 Å². The highest BCUT2D eigenvalue weighted by Crippen LogP contribution is 2.31.